The van der Waals surface area contributed by atoms with Gasteiger partial charge in [-0.2, -0.15) is 0 Å². The summed E-state index contributed by atoms with van der Waals surface area (Å²) in [6.07, 6.45) is 41.6. The van der Waals surface area contributed by atoms with Gasteiger partial charge in [0.05, 0.1) is 26.4 Å². The molecular formula is C66H128O17P2. The molecule has 19 heteroatoms. The molecule has 0 aliphatic rings. The number of aliphatic hydroxyl groups excluding tert-OH is 1. The second-order valence-electron chi connectivity index (χ2n) is 24.8. The first-order valence-electron chi connectivity index (χ1n) is 34.5. The second kappa shape index (κ2) is 58.4. The second-order valence-corrected chi connectivity index (χ2v) is 27.7. The summed E-state index contributed by atoms with van der Waals surface area (Å²) in [4.78, 5) is 72.3. The Morgan fingerprint density at radius 3 is 0.800 bits per heavy atom. The minimum Gasteiger partial charge on any atom is -0.462 e. The van der Waals surface area contributed by atoms with E-state index < -0.39 is 97.5 Å². The lowest BCUT2D eigenvalue weighted by atomic mass is 10.0. The molecular weight excluding hydrogens is 1130 g/mol. The van der Waals surface area contributed by atoms with E-state index in [1.165, 1.54) is 141 Å². The molecule has 17 nitrogen and oxygen atoms in total. The van der Waals surface area contributed by atoms with Crippen LogP contribution in [0.5, 0.6) is 0 Å². The van der Waals surface area contributed by atoms with Crippen molar-refractivity contribution >= 4 is 39.5 Å². The van der Waals surface area contributed by atoms with Crippen molar-refractivity contribution in [2.24, 2.45) is 11.8 Å². The number of phosphoric acid groups is 2. The van der Waals surface area contributed by atoms with Crippen molar-refractivity contribution in [3.63, 3.8) is 0 Å². The molecule has 85 heavy (non-hydrogen) atoms. The van der Waals surface area contributed by atoms with Gasteiger partial charge in [0, 0.05) is 25.7 Å². The number of hydrogen-bond donors (Lipinski definition) is 3. The molecule has 0 amide bonds. The Kier molecular flexibility index (Phi) is 57.1. The summed E-state index contributed by atoms with van der Waals surface area (Å²) in [5, 5.41) is 10.5. The minimum absolute atomic E-state index is 0.106. The quantitative estimate of drug-likeness (QED) is 0.0222. The number of phosphoric ester groups is 2. The molecule has 5 atom stereocenters. The number of unbranched alkanes of at least 4 members (excludes halogenated alkanes) is 35. The third kappa shape index (κ3) is 60.7. The smallest absolute Gasteiger partial charge is 0.462 e. The highest BCUT2D eigenvalue weighted by atomic mass is 31.2. The maximum absolute atomic E-state index is 13.0. The molecule has 0 rings (SSSR count). The minimum atomic E-state index is -4.95. The first-order chi connectivity index (χ1) is 40.9. The molecule has 0 aliphatic carbocycles. The standard InChI is InChI=1S/C66H128O17P2/c1-7-9-11-13-15-17-19-25-32-38-44-50-65(70)82-61(54-76-63(68)48-42-36-30-16-14-12-10-8-2)56-80-84(72,73)78-52-60(67)53-79-85(74,75)81-57-62(55-77-64(69)49-43-37-31-27-22-24-29-35-41-47-59(5)6)83-66(71)51-45-39-33-26-21-18-20-23-28-34-40-46-58(3)4/h58-62,67H,7-57H2,1-6H3,(H,72,73)(H,74,75)/t60-,61+,62+/m0/s1. The van der Waals surface area contributed by atoms with Crippen molar-refractivity contribution in [1.82, 2.24) is 0 Å². The molecule has 0 fully saturated rings. The Labute approximate surface area is 517 Å². The van der Waals surface area contributed by atoms with Gasteiger partial charge in [-0.3, -0.25) is 37.3 Å². The van der Waals surface area contributed by atoms with Crippen LogP contribution in [0, 0.1) is 11.8 Å². The zero-order chi connectivity index (χ0) is 62.9. The summed E-state index contributed by atoms with van der Waals surface area (Å²) < 4.78 is 68.0. The number of esters is 4. The number of ether oxygens (including phenoxy) is 4. The van der Waals surface area contributed by atoms with Crippen molar-refractivity contribution in [2.75, 3.05) is 39.6 Å². The Hall–Kier alpha value is -1.94. The van der Waals surface area contributed by atoms with Crippen LogP contribution < -0.4 is 0 Å². The van der Waals surface area contributed by atoms with Gasteiger partial charge in [0.25, 0.3) is 0 Å². The van der Waals surface area contributed by atoms with Crippen molar-refractivity contribution in [3.05, 3.63) is 0 Å². The topological polar surface area (TPSA) is 237 Å². The highest BCUT2D eigenvalue weighted by Gasteiger charge is 2.30. The molecule has 0 saturated heterocycles. The zero-order valence-corrected chi connectivity index (χ0v) is 56.7. The number of rotatable bonds is 65. The van der Waals surface area contributed by atoms with Gasteiger partial charge in [-0.25, -0.2) is 9.13 Å². The fraction of sp³-hybridized carbons (Fsp3) is 0.939. The summed E-state index contributed by atoms with van der Waals surface area (Å²) in [6.45, 7) is 9.47. The van der Waals surface area contributed by atoms with Crippen LogP contribution in [0.25, 0.3) is 0 Å². The Balaban J connectivity index is 5.23. The summed E-state index contributed by atoms with van der Waals surface area (Å²) in [7, 11) is -9.89. The number of aliphatic hydroxyl groups is 1. The molecule has 3 N–H and O–H groups in total. The van der Waals surface area contributed by atoms with Gasteiger partial charge < -0.3 is 33.8 Å². The molecule has 0 saturated carbocycles. The van der Waals surface area contributed by atoms with E-state index >= 15 is 0 Å². The van der Waals surface area contributed by atoms with Gasteiger partial charge in [-0.1, -0.05) is 279 Å². The lowest BCUT2D eigenvalue weighted by Crippen LogP contribution is -2.30. The van der Waals surface area contributed by atoms with E-state index in [0.29, 0.717) is 25.7 Å². The largest absolute Gasteiger partial charge is 0.472 e. The van der Waals surface area contributed by atoms with E-state index in [0.717, 1.165) is 108 Å². The fourth-order valence-corrected chi connectivity index (χ4v) is 11.5. The SMILES string of the molecule is CCCCCCCCCCCCCC(=O)O[C@H](COC(=O)CCCCCCCCCC)COP(=O)(O)OC[C@H](O)COP(=O)(O)OC[C@@H](COC(=O)CCCCCCCCCCCC(C)C)OC(=O)CCCCCCCCCCCCCC(C)C. The van der Waals surface area contributed by atoms with Crippen LogP contribution in [0.3, 0.4) is 0 Å². The third-order valence-corrected chi connectivity index (χ3v) is 17.1. The summed E-state index contributed by atoms with van der Waals surface area (Å²) in [6, 6.07) is 0. The fourth-order valence-electron chi connectivity index (χ4n) is 9.88. The first kappa shape index (κ1) is 83.1. The highest BCUT2D eigenvalue weighted by Crippen LogP contribution is 2.45. The van der Waals surface area contributed by atoms with Gasteiger partial charge in [0.2, 0.25) is 0 Å². The number of carbonyl (C=O) groups excluding carboxylic acids is 4. The van der Waals surface area contributed by atoms with E-state index in [9.17, 15) is 43.2 Å². The van der Waals surface area contributed by atoms with Crippen LogP contribution in [0.4, 0.5) is 0 Å². The lowest BCUT2D eigenvalue weighted by Gasteiger charge is -2.21. The van der Waals surface area contributed by atoms with Crippen LogP contribution in [0.15, 0.2) is 0 Å². The predicted molar refractivity (Wildman–Crippen MR) is 340 cm³/mol. The van der Waals surface area contributed by atoms with Crippen molar-refractivity contribution in [2.45, 2.75) is 349 Å². The summed E-state index contributed by atoms with van der Waals surface area (Å²) in [5.74, 6) is -0.623. The molecule has 504 valence electrons. The van der Waals surface area contributed by atoms with E-state index in [1.807, 2.05) is 0 Å². The van der Waals surface area contributed by atoms with E-state index in [1.54, 1.807) is 0 Å². The molecule has 2 unspecified atom stereocenters. The Morgan fingerprint density at radius 2 is 0.541 bits per heavy atom. The van der Waals surface area contributed by atoms with E-state index in [2.05, 4.69) is 41.5 Å². The average Bonchev–Trinajstić information content (AvgIpc) is 3.53. The maximum Gasteiger partial charge on any atom is 0.472 e. The normalized spacial score (nSPS) is 14.2. The average molecular weight is 1260 g/mol. The van der Waals surface area contributed by atoms with Crippen molar-refractivity contribution in [1.29, 1.82) is 0 Å². The molecule has 0 aliphatic heterocycles. The molecule has 0 spiro atoms. The summed E-state index contributed by atoms with van der Waals surface area (Å²) >= 11 is 0. The third-order valence-electron chi connectivity index (χ3n) is 15.2. The van der Waals surface area contributed by atoms with Crippen LogP contribution in [-0.4, -0.2) is 96.7 Å². The van der Waals surface area contributed by atoms with Crippen molar-refractivity contribution < 1.29 is 80.2 Å². The molecule has 0 aromatic rings. The maximum atomic E-state index is 13.0. The molecule has 0 aromatic heterocycles. The van der Waals surface area contributed by atoms with Gasteiger partial charge in [0.15, 0.2) is 12.2 Å². The van der Waals surface area contributed by atoms with Gasteiger partial charge in [-0.05, 0) is 37.5 Å². The zero-order valence-electron chi connectivity index (χ0n) is 54.9. The van der Waals surface area contributed by atoms with Gasteiger partial charge in [0.1, 0.15) is 19.3 Å². The van der Waals surface area contributed by atoms with Crippen LogP contribution in [-0.2, 0) is 65.4 Å². The van der Waals surface area contributed by atoms with Gasteiger partial charge >= 0.3 is 39.5 Å². The lowest BCUT2D eigenvalue weighted by molar-refractivity contribution is -0.161. The molecule has 0 bridgehead atoms. The van der Waals surface area contributed by atoms with Crippen LogP contribution in [0.2, 0.25) is 0 Å². The number of carbonyl (C=O) groups is 4. The van der Waals surface area contributed by atoms with Crippen LogP contribution >= 0.6 is 15.6 Å². The monoisotopic (exact) mass is 1250 g/mol. The Morgan fingerprint density at radius 1 is 0.318 bits per heavy atom. The van der Waals surface area contributed by atoms with Gasteiger partial charge in [-0.15, -0.1) is 0 Å². The van der Waals surface area contributed by atoms with Crippen molar-refractivity contribution in [3.8, 4) is 0 Å². The predicted octanol–water partition coefficient (Wildman–Crippen LogP) is 18.4. The number of hydrogen-bond acceptors (Lipinski definition) is 15. The molecule has 0 heterocycles. The van der Waals surface area contributed by atoms with E-state index in [4.69, 9.17) is 37.0 Å². The molecule has 0 aromatic carbocycles. The van der Waals surface area contributed by atoms with Crippen LogP contribution in [0.1, 0.15) is 330 Å². The highest BCUT2D eigenvalue weighted by molar-refractivity contribution is 7.47. The first-order valence-corrected chi connectivity index (χ1v) is 37.5. The molecule has 0 radical (unpaired) electrons. The Bertz CT molecular complexity index is 1670. The summed E-state index contributed by atoms with van der Waals surface area (Å²) in [5.41, 5.74) is 0. The van der Waals surface area contributed by atoms with E-state index in [-0.39, 0.29) is 25.7 Å².